The Kier molecular flexibility index (Phi) is 11.1. The fourth-order valence-electron chi connectivity index (χ4n) is 1.26. The van der Waals surface area contributed by atoms with Gasteiger partial charge in [0.25, 0.3) is 0 Å². The molecule has 0 amide bonds. The molecule has 0 aliphatic rings. The molecule has 84 valence electrons. The van der Waals surface area contributed by atoms with Crippen LogP contribution in [0.25, 0.3) is 0 Å². The van der Waals surface area contributed by atoms with E-state index in [2.05, 4.69) is 19.7 Å². The molecule has 2 nitrogen and oxygen atoms in total. The summed E-state index contributed by atoms with van der Waals surface area (Å²) in [5.74, 6) is -0.104. The number of halogens is 1. The number of aryl methyl sites for hydroxylation is 1. The van der Waals surface area contributed by atoms with Gasteiger partial charge in [-0.15, -0.1) is 0 Å². The zero-order valence-electron chi connectivity index (χ0n) is 9.54. The van der Waals surface area contributed by atoms with Crippen molar-refractivity contribution in [2.45, 2.75) is 26.2 Å². The van der Waals surface area contributed by atoms with E-state index in [0.29, 0.717) is 13.0 Å². The summed E-state index contributed by atoms with van der Waals surface area (Å²) in [4.78, 5) is 11.0. The van der Waals surface area contributed by atoms with E-state index in [4.69, 9.17) is 4.74 Å². The third kappa shape index (κ3) is 8.01. The van der Waals surface area contributed by atoms with Crippen LogP contribution in [0.4, 0.5) is 0 Å². The molecule has 4 heteroatoms. The molecule has 0 aromatic heterocycles. The summed E-state index contributed by atoms with van der Waals surface area (Å²) in [6, 6.07) is 10.8. The van der Waals surface area contributed by atoms with Crippen LogP contribution in [0.5, 0.6) is 0 Å². The topological polar surface area (TPSA) is 26.3 Å². The van der Waals surface area contributed by atoms with Gasteiger partial charge in [-0.05, 0) is 13.3 Å². The standard InChI is InChI=1S/C12H15O2.BrH.Zn/c1-2-14-12(13)10-6-9-11-7-4-3-5-8-11;;/h3-4,7-8H,2,6,9-10H2,1H3;1H;/q-1;;+2/p-1. The molecule has 0 radical (unpaired) electrons. The molecule has 0 spiro atoms. The summed E-state index contributed by atoms with van der Waals surface area (Å²) in [7, 11) is 0. The molecule has 0 fully saturated rings. The first kappa shape index (κ1) is 15.8. The first-order chi connectivity index (χ1) is 7.83. The number of carbonyl (C=O) groups excluding carboxylic acids is 1. The van der Waals surface area contributed by atoms with Crippen molar-refractivity contribution in [3.05, 3.63) is 35.9 Å². The van der Waals surface area contributed by atoms with Gasteiger partial charge < -0.3 is 4.74 Å². The molecule has 0 bridgehead atoms. The van der Waals surface area contributed by atoms with Crippen molar-refractivity contribution in [2.75, 3.05) is 6.61 Å². The van der Waals surface area contributed by atoms with Gasteiger partial charge >= 0.3 is 35.9 Å². The molecule has 0 aliphatic heterocycles. The van der Waals surface area contributed by atoms with Crippen LogP contribution in [-0.4, -0.2) is 12.6 Å². The van der Waals surface area contributed by atoms with Crippen LogP contribution in [0.2, 0.25) is 0 Å². The van der Waals surface area contributed by atoms with Gasteiger partial charge in [0.05, 0.1) is 6.61 Å². The summed E-state index contributed by atoms with van der Waals surface area (Å²) < 4.78 is 4.83. The normalized spacial score (nSPS) is 9.00. The molecule has 0 heterocycles. The van der Waals surface area contributed by atoms with Crippen molar-refractivity contribution in [3.63, 3.8) is 0 Å². The molecule has 0 aliphatic carbocycles. The first-order valence-corrected chi connectivity index (χ1v) is 12.1. The van der Waals surface area contributed by atoms with Crippen molar-refractivity contribution < 1.29 is 25.9 Å². The Labute approximate surface area is 114 Å². The summed E-state index contributed by atoms with van der Waals surface area (Å²) in [6.07, 6.45) is 2.26. The molecule has 1 aromatic carbocycles. The molecule has 0 saturated heterocycles. The monoisotopic (exact) mass is 334 g/mol. The second kappa shape index (κ2) is 11.3. The van der Waals surface area contributed by atoms with Crippen molar-refractivity contribution in [3.8, 4) is 0 Å². The number of hydrogen-bond acceptors (Lipinski definition) is 2. The number of rotatable bonds is 5. The van der Waals surface area contributed by atoms with Crippen molar-refractivity contribution >= 4 is 19.6 Å². The molecule has 1 rings (SSSR count). The molecular formula is C12H15BrO2Zn. The second-order valence-electron chi connectivity index (χ2n) is 3.07. The Balaban J connectivity index is 0.00000106. The maximum atomic E-state index is 11.0. The Morgan fingerprint density at radius 3 is 2.88 bits per heavy atom. The molecule has 0 saturated carbocycles. The molecule has 16 heavy (non-hydrogen) atoms. The molecule has 0 atom stereocenters. The number of carbonyl (C=O) groups is 1. The molecule has 0 N–H and O–H groups in total. The van der Waals surface area contributed by atoms with E-state index in [-0.39, 0.29) is 5.97 Å². The Morgan fingerprint density at radius 2 is 2.31 bits per heavy atom. The molecule has 1 aromatic rings. The van der Waals surface area contributed by atoms with Crippen LogP contribution in [-0.2, 0) is 32.3 Å². The summed E-state index contributed by atoms with van der Waals surface area (Å²) in [5, 5.41) is 0. The Hall–Kier alpha value is -0.207. The zero-order valence-corrected chi connectivity index (χ0v) is 14.1. The zero-order chi connectivity index (χ0) is 12.2. The van der Waals surface area contributed by atoms with E-state index in [1.807, 2.05) is 31.2 Å². The van der Waals surface area contributed by atoms with Crippen LogP contribution >= 0.6 is 13.6 Å². The van der Waals surface area contributed by atoms with Gasteiger partial charge in [0.1, 0.15) is 0 Å². The first-order valence-electron chi connectivity index (χ1n) is 5.20. The number of hydrogen-bond donors (Lipinski definition) is 0. The predicted molar refractivity (Wildman–Crippen MR) is 63.8 cm³/mol. The Bertz CT molecular complexity index is 278. The van der Waals surface area contributed by atoms with E-state index in [1.54, 1.807) is 0 Å². The van der Waals surface area contributed by atoms with E-state index >= 15 is 0 Å². The summed E-state index contributed by atoms with van der Waals surface area (Å²) >= 11 is 4.25. The van der Waals surface area contributed by atoms with E-state index < -0.39 is 0 Å². The average Bonchev–Trinajstić information content (AvgIpc) is 2.33. The molecular weight excluding hydrogens is 321 g/mol. The van der Waals surface area contributed by atoms with Crippen LogP contribution in [0, 0.1) is 6.07 Å². The fraction of sp³-hybridized carbons (Fsp3) is 0.417. The van der Waals surface area contributed by atoms with Gasteiger partial charge in [0.2, 0.25) is 0 Å². The van der Waals surface area contributed by atoms with Gasteiger partial charge in [0.15, 0.2) is 0 Å². The van der Waals surface area contributed by atoms with E-state index in [0.717, 1.165) is 12.8 Å². The fourth-order valence-corrected chi connectivity index (χ4v) is 1.26. The summed E-state index contributed by atoms with van der Waals surface area (Å²) in [6.45, 7) is 2.29. The predicted octanol–water partition coefficient (Wildman–Crippen LogP) is 3.22. The van der Waals surface area contributed by atoms with Crippen LogP contribution in [0.15, 0.2) is 24.3 Å². The van der Waals surface area contributed by atoms with Crippen molar-refractivity contribution in [2.24, 2.45) is 0 Å². The van der Waals surface area contributed by atoms with Crippen molar-refractivity contribution in [1.82, 2.24) is 0 Å². The van der Waals surface area contributed by atoms with E-state index in [1.165, 1.54) is 21.9 Å². The number of ether oxygens (including phenoxy) is 1. The number of benzene rings is 1. The van der Waals surface area contributed by atoms with E-state index in [9.17, 15) is 4.79 Å². The van der Waals surface area contributed by atoms with Gasteiger partial charge in [0, 0.05) is 6.42 Å². The average molecular weight is 337 g/mol. The third-order valence-electron chi connectivity index (χ3n) is 1.92. The third-order valence-corrected chi connectivity index (χ3v) is 1.92. The minimum absolute atomic E-state index is 0.104. The molecule has 0 unspecified atom stereocenters. The van der Waals surface area contributed by atoms with Crippen LogP contribution < -0.4 is 0 Å². The maximum absolute atomic E-state index is 11.0. The van der Waals surface area contributed by atoms with Gasteiger partial charge in [-0.3, -0.25) is 4.79 Å². The van der Waals surface area contributed by atoms with Crippen LogP contribution in [0.3, 0.4) is 0 Å². The minimum atomic E-state index is -0.104. The van der Waals surface area contributed by atoms with Gasteiger partial charge in [-0.2, -0.15) is 35.9 Å². The van der Waals surface area contributed by atoms with Gasteiger partial charge in [-0.1, -0.05) is 6.42 Å². The van der Waals surface area contributed by atoms with Gasteiger partial charge in [-0.25, -0.2) is 0 Å². The Morgan fingerprint density at radius 1 is 1.56 bits per heavy atom. The quantitative estimate of drug-likeness (QED) is 0.469. The second-order valence-corrected chi connectivity index (χ2v) is 3.07. The van der Waals surface area contributed by atoms with Crippen LogP contribution in [0.1, 0.15) is 25.3 Å². The van der Waals surface area contributed by atoms with Crippen molar-refractivity contribution in [1.29, 1.82) is 0 Å². The summed E-state index contributed by atoms with van der Waals surface area (Å²) in [5.41, 5.74) is 1.22. The SMILES string of the molecule is CCOC(=O)CCCc1c[c-]ccc1.[Zn+][Br]. The number of esters is 1.